The zero-order valence-corrected chi connectivity index (χ0v) is 10.0. The summed E-state index contributed by atoms with van der Waals surface area (Å²) in [5.74, 6) is 0.938. The third-order valence-electron chi connectivity index (χ3n) is 3.36. The first-order chi connectivity index (χ1) is 7.88. The maximum Gasteiger partial charge on any atom is 0.118 e. The highest BCUT2D eigenvalue weighted by Crippen LogP contribution is 2.17. The van der Waals surface area contributed by atoms with E-state index in [1.807, 2.05) is 12.1 Å². The first kappa shape index (κ1) is 11.5. The molecule has 2 nitrogen and oxygen atoms in total. The minimum Gasteiger partial charge on any atom is -0.497 e. The zero-order valence-electron chi connectivity index (χ0n) is 10.0. The molecule has 16 heavy (non-hydrogen) atoms. The smallest absolute Gasteiger partial charge is 0.118 e. The highest BCUT2D eigenvalue weighted by atomic mass is 16.5. The van der Waals surface area contributed by atoms with Gasteiger partial charge in [0.05, 0.1) is 7.11 Å². The van der Waals surface area contributed by atoms with Crippen LogP contribution in [0.4, 0.5) is 0 Å². The summed E-state index contributed by atoms with van der Waals surface area (Å²) in [5.41, 5.74) is 1.38. The maximum atomic E-state index is 5.14. The van der Waals surface area contributed by atoms with E-state index in [9.17, 15) is 0 Å². The molecule has 0 saturated heterocycles. The first-order valence-electron chi connectivity index (χ1n) is 6.25. The quantitative estimate of drug-likeness (QED) is 0.822. The van der Waals surface area contributed by atoms with Gasteiger partial charge in [0.25, 0.3) is 0 Å². The number of nitrogens with one attached hydrogen (secondary N) is 1. The van der Waals surface area contributed by atoms with Gasteiger partial charge in [-0.2, -0.15) is 0 Å². The zero-order chi connectivity index (χ0) is 11.2. The molecule has 1 N–H and O–H groups in total. The van der Waals surface area contributed by atoms with Gasteiger partial charge in [-0.05, 0) is 43.5 Å². The molecule has 0 radical (unpaired) electrons. The summed E-state index contributed by atoms with van der Waals surface area (Å²) >= 11 is 0. The van der Waals surface area contributed by atoms with Gasteiger partial charge in [-0.3, -0.25) is 0 Å². The third kappa shape index (κ3) is 3.24. The molecule has 0 amide bonds. The number of ether oxygens (including phenoxy) is 1. The Morgan fingerprint density at radius 1 is 1.19 bits per heavy atom. The molecule has 1 aliphatic rings. The van der Waals surface area contributed by atoms with Crippen molar-refractivity contribution in [3.05, 3.63) is 29.8 Å². The lowest BCUT2D eigenvalue weighted by Gasteiger charge is -2.11. The highest BCUT2D eigenvalue weighted by Gasteiger charge is 2.13. The molecule has 0 spiro atoms. The van der Waals surface area contributed by atoms with Gasteiger partial charge < -0.3 is 10.1 Å². The van der Waals surface area contributed by atoms with Crippen LogP contribution >= 0.6 is 0 Å². The standard InChI is InChI=1S/C14H21NO/c1-16-14-8-6-12(7-9-14)10-11-15-13-4-2-3-5-13/h6-9,13,15H,2-5,10-11H2,1H3. The summed E-state index contributed by atoms with van der Waals surface area (Å²) in [7, 11) is 1.71. The van der Waals surface area contributed by atoms with Crippen molar-refractivity contribution in [3.8, 4) is 5.75 Å². The molecule has 88 valence electrons. The van der Waals surface area contributed by atoms with Crippen LogP contribution < -0.4 is 10.1 Å². The second kappa shape index (κ2) is 5.90. The van der Waals surface area contributed by atoms with Gasteiger partial charge in [0.1, 0.15) is 5.75 Å². The second-order valence-corrected chi connectivity index (χ2v) is 4.53. The minimum absolute atomic E-state index is 0.776. The Balaban J connectivity index is 1.71. The van der Waals surface area contributed by atoms with Gasteiger partial charge in [0.15, 0.2) is 0 Å². The molecule has 0 heterocycles. The Bertz CT molecular complexity index is 301. The van der Waals surface area contributed by atoms with E-state index in [0.29, 0.717) is 0 Å². The molecule has 0 unspecified atom stereocenters. The Morgan fingerprint density at radius 2 is 1.88 bits per heavy atom. The van der Waals surface area contributed by atoms with Gasteiger partial charge in [-0.25, -0.2) is 0 Å². The number of hydrogen-bond acceptors (Lipinski definition) is 2. The van der Waals surface area contributed by atoms with Crippen molar-refractivity contribution in [2.24, 2.45) is 0 Å². The van der Waals surface area contributed by atoms with Crippen LogP contribution in [0.3, 0.4) is 0 Å². The van der Waals surface area contributed by atoms with Crippen molar-refractivity contribution < 1.29 is 4.74 Å². The fraction of sp³-hybridized carbons (Fsp3) is 0.571. The van der Waals surface area contributed by atoms with E-state index >= 15 is 0 Å². The topological polar surface area (TPSA) is 21.3 Å². The van der Waals surface area contributed by atoms with Crippen LogP contribution in [0.5, 0.6) is 5.75 Å². The van der Waals surface area contributed by atoms with Crippen LogP contribution in [0.15, 0.2) is 24.3 Å². The summed E-state index contributed by atoms with van der Waals surface area (Å²) in [6.07, 6.45) is 6.64. The number of rotatable bonds is 5. The molecule has 0 atom stereocenters. The molecule has 2 heteroatoms. The molecular formula is C14H21NO. The first-order valence-corrected chi connectivity index (χ1v) is 6.25. The van der Waals surface area contributed by atoms with Crippen molar-refractivity contribution >= 4 is 0 Å². The third-order valence-corrected chi connectivity index (χ3v) is 3.36. The SMILES string of the molecule is COc1ccc(CCNC2CCCC2)cc1. The Labute approximate surface area is 98.0 Å². The monoisotopic (exact) mass is 219 g/mol. The van der Waals surface area contributed by atoms with Crippen LogP contribution in [0, 0.1) is 0 Å². The van der Waals surface area contributed by atoms with Gasteiger partial charge in [0.2, 0.25) is 0 Å². The van der Waals surface area contributed by atoms with E-state index < -0.39 is 0 Å². The van der Waals surface area contributed by atoms with Crippen molar-refractivity contribution in [1.82, 2.24) is 5.32 Å². The summed E-state index contributed by atoms with van der Waals surface area (Å²) in [6.45, 7) is 1.09. The lowest BCUT2D eigenvalue weighted by Crippen LogP contribution is -2.27. The predicted octanol–water partition coefficient (Wildman–Crippen LogP) is 2.77. The summed E-state index contributed by atoms with van der Waals surface area (Å²) in [5, 5.41) is 3.63. The van der Waals surface area contributed by atoms with Crippen LogP contribution in [0.1, 0.15) is 31.2 Å². The second-order valence-electron chi connectivity index (χ2n) is 4.53. The van der Waals surface area contributed by atoms with Crippen LogP contribution in [-0.4, -0.2) is 19.7 Å². The Kier molecular flexibility index (Phi) is 4.23. The van der Waals surface area contributed by atoms with E-state index in [0.717, 1.165) is 24.8 Å². The van der Waals surface area contributed by atoms with Gasteiger partial charge in [-0.1, -0.05) is 25.0 Å². The fourth-order valence-corrected chi connectivity index (χ4v) is 2.34. The van der Waals surface area contributed by atoms with E-state index in [1.165, 1.54) is 31.2 Å². The molecule has 0 bridgehead atoms. The number of benzene rings is 1. The van der Waals surface area contributed by atoms with Gasteiger partial charge in [-0.15, -0.1) is 0 Å². The van der Waals surface area contributed by atoms with Gasteiger partial charge >= 0.3 is 0 Å². The molecule has 0 aliphatic heterocycles. The molecule has 1 fully saturated rings. The summed E-state index contributed by atoms with van der Waals surface area (Å²) in [4.78, 5) is 0. The maximum absolute atomic E-state index is 5.14. The van der Waals surface area contributed by atoms with Crippen molar-refractivity contribution in [1.29, 1.82) is 0 Å². The van der Waals surface area contributed by atoms with E-state index in [-0.39, 0.29) is 0 Å². The van der Waals surface area contributed by atoms with Crippen LogP contribution in [-0.2, 0) is 6.42 Å². The van der Waals surface area contributed by atoms with E-state index in [4.69, 9.17) is 4.74 Å². The van der Waals surface area contributed by atoms with Crippen molar-refractivity contribution in [2.75, 3.05) is 13.7 Å². The molecule has 0 aromatic heterocycles. The number of hydrogen-bond donors (Lipinski definition) is 1. The molecular weight excluding hydrogens is 198 g/mol. The Hall–Kier alpha value is -1.02. The normalized spacial score (nSPS) is 16.6. The molecule has 1 aromatic rings. The molecule has 1 saturated carbocycles. The molecule has 2 rings (SSSR count). The average molecular weight is 219 g/mol. The molecule has 1 aromatic carbocycles. The largest absolute Gasteiger partial charge is 0.497 e. The summed E-state index contributed by atoms with van der Waals surface area (Å²) in [6, 6.07) is 9.14. The highest BCUT2D eigenvalue weighted by molar-refractivity contribution is 5.27. The number of methoxy groups -OCH3 is 1. The van der Waals surface area contributed by atoms with Crippen LogP contribution in [0.2, 0.25) is 0 Å². The lowest BCUT2D eigenvalue weighted by atomic mass is 10.1. The molecule has 1 aliphatic carbocycles. The van der Waals surface area contributed by atoms with E-state index in [2.05, 4.69) is 17.4 Å². The van der Waals surface area contributed by atoms with E-state index in [1.54, 1.807) is 7.11 Å². The van der Waals surface area contributed by atoms with Crippen molar-refractivity contribution in [3.63, 3.8) is 0 Å². The fourth-order valence-electron chi connectivity index (χ4n) is 2.34. The Morgan fingerprint density at radius 3 is 2.50 bits per heavy atom. The lowest BCUT2D eigenvalue weighted by molar-refractivity contribution is 0.414. The predicted molar refractivity (Wildman–Crippen MR) is 67.0 cm³/mol. The minimum atomic E-state index is 0.776. The van der Waals surface area contributed by atoms with Crippen LogP contribution in [0.25, 0.3) is 0 Å². The van der Waals surface area contributed by atoms with Crippen molar-refractivity contribution in [2.45, 2.75) is 38.1 Å². The van der Waals surface area contributed by atoms with Gasteiger partial charge in [0, 0.05) is 6.04 Å². The summed E-state index contributed by atoms with van der Waals surface area (Å²) < 4.78 is 5.14. The average Bonchev–Trinajstić information content (AvgIpc) is 2.83.